The Morgan fingerprint density at radius 1 is 1.53 bits per heavy atom. The van der Waals surface area contributed by atoms with Crippen molar-refractivity contribution in [3.63, 3.8) is 0 Å². The van der Waals surface area contributed by atoms with E-state index in [0.717, 1.165) is 12.8 Å². The summed E-state index contributed by atoms with van der Waals surface area (Å²) in [6, 6.07) is 3.43. The Bertz CT molecular complexity index is 375. The maximum absolute atomic E-state index is 11.5. The van der Waals surface area contributed by atoms with Crippen LogP contribution < -0.4 is 9.96 Å². The number of hydrogen-bond acceptors (Lipinski definition) is 4. The number of hydrogen-bond donors (Lipinski definition) is 1. The third-order valence-electron chi connectivity index (χ3n) is 2.66. The van der Waals surface area contributed by atoms with Crippen molar-refractivity contribution >= 4 is 13.9 Å². The molecule has 1 aliphatic rings. The average Bonchev–Trinajstić information content (AvgIpc) is 3.09. The van der Waals surface area contributed by atoms with E-state index < -0.39 is 5.41 Å². The molecule has 1 heterocycles. The van der Waals surface area contributed by atoms with Crippen LogP contribution in [0, 0.1) is 0 Å². The van der Waals surface area contributed by atoms with Crippen molar-refractivity contribution < 1.29 is 9.53 Å². The molecule has 1 saturated carbocycles. The summed E-state index contributed by atoms with van der Waals surface area (Å²) in [5.41, 5.74) is 0.0832. The normalized spacial score (nSPS) is 16.9. The summed E-state index contributed by atoms with van der Waals surface area (Å²) >= 11 is 0. The van der Waals surface area contributed by atoms with Gasteiger partial charge in [-0.3, -0.25) is 4.79 Å². The molecule has 2 radical (unpaired) electrons. The summed E-state index contributed by atoms with van der Waals surface area (Å²) in [7, 11) is 6.64. The summed E-state index contributed by atoms with van der Waals surface area (Å²) in [6.45, 7) is 0. The van der Waals surface area contributed by atoms with Gasteiger partial charge in [-0.2, -0.15) is 5.10 Å². The number of nitrogens with zero attached hydrogens (tertiary/aromatic N) is 2. The van der Waals surface area contributed by atoms with E-state index in [1.807, 2.05) is 0 Å². The fourth-order valence-corrected chi connectivity index (χ4v) is 1.55. The molecule has 1 aromatic rings. The van der Waals surface area contributed by atoms with Crippen LogP contribution in [0.4, 0.5) is 0 Å². The van der Waals surface area contributed by atoms with Crippen LogP contribution in [0.3, 0.4) is 0 Å². The number of nitrogens with one attached hydrogen (secondary N) is 1. The van der Waals surface area contributed by atoms with E-state index in [4.69, 9.17) is 12.7 Å². The molecule has 0 aliphatic heterocycles. The van der Waals surface area contributed by atoms with E-state index >= 15 is 0 Å². The van der Waals surface area contributed by atoms with Crippen LogP contribution in [0.25, 0.3) is 0 Å². The summed E-state index contributed by atoms with van der Waals surface area (Å²) in [5, 5.41) is 9.95. The van der Waals surface area contributed by atoms with Crippen LogP contribution in [0.15, 0.2) is 12.1 Å². The van der Waals surface area contributed by atoms with Crippen LogP contribution in [0.1, 0.15) is 18.5 Å². The Balaban J connectivity index is 2.26. The maximum atomic E-state index is 11.5. The number of amides is 1. The predicted octanol–water partition coefficient (Wildman–Crippen LogP) is -0.284. The van der Waals surface area contributed by atoms with Gasteiger partial charge in [-0.25, -0.2) is 0 Å². The first-order valence-electron chi connectivity index (χ1n) is 4.62. The van der Waals surface area contributed by atoms with Crippen molar-refractivity contribution in [2.24, 2.45) is 0 Å². The first-order chi connectivity index (χ1) is 7.23. The Morgan fingerprint density at radius 3 is 2.67 bits per heavy atom. The highest BCUT2D eigenvalue weighted by molar-refractivity contribution is 6.16. The number of methoxy groups -OCH3 is 1. The highest BCUT2D eigenvalue weighted by Gasteiger charge is 2.52. The molecule has 0 unspecified atom stereocenters. The number of rotatable bonds is 3. The molecule has 0 spiro atoms. The van der Waals surface area contributed by atoms with Gasteiger partial charge in [0.2, 0.25) is 19.8 Å². The van der Waals surface area contributed by atoms with Crippen LogP contribution in [-0.4, -0.2) is 31.2 Å². The summed E-state index contributed by atoms with van der Waals surface area (Å²) in [4.78, 5) is 11.5. The molecule has 1 amide bonds. The minimum atomic E-state index is -0.561. The molecule has 2 rings (SSSR count). The van der Waals surface area contributed by atoms with Gasteiger partial charge in [-0.15, -0.1) is 5.10 Å². The fraction of sp³-hybridized carbons (Fsp3) is 0.444. The van der Waals surface area contributed by atoms with Crippen molar-refractivity contribution in [2.75, 3.05) is 7.11 Å². The van der Waals surface area contributed by atoms with E-state index in [9.17, 15) is 4.79 Å². The van der Waals surface area contributed by atoms with Gasteiger partial charge in [0, 0.05) is 6.07 Å². The van der Waals surface area contributed by atoms with Crippen molar-refractivity contribution in [3.05, 3.63) is 17.8 Å². The van der Waals surface area contributed by atoms with Gasteiger partial charge < -0.3 is 9.96 Å². The molecule has 76 valence electrons. The van der Waals surface area contributed by atoms with Gasteiger partial charge in [0.1, 0.15) is 0 Å². The number of carbonyl (C=O) groups is 1. The molecule has 1 fully saturated rings. The summed E-state index contributed by atoms with van der Waals surface area (Å²) in [5.74, 6) is 0.227. The van der Waals surface area contributed by atoms with Crippen LogP contribution in [0.5, 0.6) is 5.88 Å². The Hall–Kier alpha value is -1.59. The second kappa shape index (κ2) is 3.53. The van der Waals surface area contributed by atoms with Crippen LogP contribution in [-0.2, 0) is 10.2 Å². The minimum absolute atomic E-state index is 0.207. The van der Waals surface area contributed by atoms with Crippen molar-refractivity contribution in [1.82, 2.24) is 15.4 Å². The number of carbonyl (C=O) groups excluding carboxylic acids is 1. The lowest BCUT2D eigenvalue weighted by molar-refractivity contribution is -0.121. The highest BCUT2D eigenvalue weighted by atomic mass is 16.5. The first kappa shape index (κ1) is 9.95. The maximum Gasteiger partial charge on any atom is 0.233 e. The molecule has 0 aromatic carbocycles. The molecule has 1 N–H and O–H groups in total. The molecular weight excluding hydrogens is 193 g/mol. The smallest absolute Gasteiger partial charge is 0.233 e. The highest BCUT2D eigenvalue weighted by Crippen LogP contribution is 2.47. The standard InChI is InChI=1S/C9H10BN3O2/c1-15-7-3-2-6(12-13-7)9(4-5-9)8(14)11-10/h2-3H,4-5H2,1H3,(H,11,14). The van der Waals surface area contributed by atoms with Crippen LogP contribution >= 0.6 is 0 Å². The van der Waals surface area contributed by atoms with Gasteiger partial charge in [0.25, 0.3) is 0 Å². The average molecular weight is 203 g/mol. The number of ether oxygens (including phenoxy) is 1. The van der Waals surface area contributed by atoms with Crippen LogP contribution in [0.2, 0.25) is 0 Å². The zero-order valence-electron chi connectivity index (χ0n) is 8.36. The quantitative estimate of drug-likeness (QED) is 0.686. The van der Waals surface area contributed by atoms with Gasteiger partial charge in [0.05, 0.1) is 18.2 Å². The largest absolute Gasteiger partial charge is 0.480 e. The lowest BCUT2D eigenvalue weighted by atomic mass is 10.0. The molecule has 5 nitrogen and oxygen atoms in total. The van der Waals surface area contributed by atoms with Gasteiger partial charge in [-0.1, -0.05) is 0 Å². The summed E-state index contributed by atoms with van der Waals surface area (Å²) in [6.07, 6.45) is 1.52. The molecule has 1 aromatic heterocycles. The van der Waals surface area contributed by atoms with Gasteiger partial charge in [-0.05, 0) is 18.9 Å². The van der Waals surface area contributed by atoms with E-state index in [1.54, 1.807) is 12.1 Å². The lowest BCUT2D eigenvalue weighted by Gasteiger charge is -2.12. The topological polar surface area (TPSA) is 64.1 Å². The fourth-order valence-electron chi connectivity index (χ4n) is 1.55. The minimum Gasteiger partial charge on any atom is -0.480 e. The molecule has 0 atom stereocenters. The number of aromatic nitrogens is 2. The van der Waals surface area contributed by atoms with Crippen molar-refractivity contribution in [2.45, 2.75) is 18.3 Å². The second-order valence-corrected chi connectivity index (χ2v) is 3.52. The first-order valence-corrected chi connectivity index (χ1v) is 4.62. The Kier molecular flexibility index (Phi) is 2.34. The molecule has 6 heteroatoms. The Morgan fingerprint density at radius 2 is 2.27 bits per heavy atom. The van der Waals surface area contributed by atoms with Gasteiger partial charge >= 0.3 is 0 Å². The third-order valence-corrected chi connectivity index (χ3v) is 2.66. The molecule has 0 saturated heterocycles. The van der Waals surface area contributed by atoms with E-state index in [0.29, 0.717) is 11.6 Å². The van der Waals surface area contributed by atoms with Gasteiger partial charge in [0.15, 0.2) is 0 Å². The third kappa shape index (κ3) is 1.56. The zero-order valence-corrected chi connectivity index (χ0v) is 8.36. The molecule has 0 bridgehead atoms. The Labute approximate surface area is 88.7 Å². The second-order valence-electron chi connectivity index (χ2n) is 3.52. The molecular formula is C9H10BN3O2. The monoisotopic (exact) mass is 203 g/mol. The van der Waals surface area contributed by atoms with Crippen molar-refractivity contribution in [1.29, 1.82) is 0 Å². The lowest BCUT2D eigenvalue weighted by Crippen LogP contribution is -2.33. The SMILES string of the molecule is [B]NC(=O)C1(c2ccc(OC)nn2)CC1. The molecule has 1 aliphatic carbocycles. The van der Waals surface area contributed by atoms with E-state index in [1.165, 1.54) is 7.11 Å². The van der Waals surface area contributed by atoms with Crippen molar-refractivity contribution in [3.8, 4) is 5.88 Å². The van der Waals surface area contributed by atoms with E-state index in [-0.39, 0.29) is 5.91 Å². The summed E-state index contributed by atoms with van der Waals surface area (Å²) < 4.78 is 4.89. The molecule has 15 heavy (non-hydrogen) atoms. The van der Waals surface area contributed by atoms with E-state index in [2.05, 4.69) is 15.4 Å². The zero-order chi connectivity index (χ0) is 10.9. The predicted molar refractivity (Wildman–Crippen MR) is 53.4 cm³/mol.